The van der Waals surface area contributed by atoms with E-state index in [0.717, 1.165) is 31.4 Å². The molecule has 1 aromatic rings. The van der Waals surface area contributed by atoms with E-state index in [-0.39, 0.29) is 5.91 Å². The molecule has 0 spiro atoms. The minimum atomic E-state index is -0.592. The number of hydrogen-bond donors (Lipinski definition) is 2. The molecule has 2 aliphatic rings. The van der Waals surface area contributed by atoms with Crippen molar-refractivity contribution in [1.82, 2.24) is 4.98 Å². The number of aryl methyl sites for hydroxylation is 2. The van der Waals surface area contributed by atoms with Crippen molar-refractivity contribution in [2.45, 2.75) is 32.1 Å². The number of thiocarbonyl (C=S) groups is 1. The molecule has 1 saturated carbocycles. The van der Waals surface area contributed by atoms with Crippen LogP contribution in [0.5, 0.6) is 0 Å². The Bertz CT molecular complexity index is 483. The van der Waals surface area contributed by atoms with Gasteiger partial charge in [0.15, 0.2) is 5.13 Å². The molecule has 3 N–H and O–H groups in total. The molecule has 1 amide bonds. The van der Waals surface area contributed by atoms with Crippen molar-refractivity contribution in [3.8, 4) is 0 Å². The van der Waals surface area contributed by atoms with Gasteiger partial charge in [-0.15, -0.1) is 11.3 Å². The summed E-state index contributed by atoms with van der Waals surface area (Å²) in [7, 11) is 0. The van der Waals surface area contributed by atoms with Crippen LogP contribution >= 0.6 is 23.6 Å². The van der Waals surface area contributed by atoms with E-state index in [4.69, 9.17) is 18.0 Å². The maximum atomic E-state index is 12.1. The number of nitrogens with two attached hydrogens (primary N) is 1. The summed E-state index contributed by atoms with van der Waals surface area (Å²) >= 11 is 6.53. The van der Waals surface area contributed by atoms with Crippen LogP contribution in [0.15, 0.2) is 0 Å². The van der Waals surface area contributed by atoms with E-state index in [1.165, 1.54) is 11.3 Å². The quantitative estimate of drug-likeness (QED) is 0.817. The third kappa shape index (κ3) is 1.75. The predicted octanol–water partition coefficient (Wildman–Crippen LogP) is 1.64. The largest absolute Gasteiger partial charge is 0.392 e. The molecular weight excluding hydrogens is 254 g/mol. The first-order valence-electron chi connectivity index (χ1n) is 5.72. The third-order valence-electron chi connectivity index (χ3n) is 3.47. The van der Waals surface area contributed by atoms with Crippen molar-refractivity contribution in [3.05, 3.63) is 10.6 Å². The molecule has 0 bridgehead atoms. The predicted molar refractivity (Wildman–Crippen MR) is 71.2 cm³/mol. The molecule has 0 saturated heterocycles. The van der Waals surface area contributed by atoms with Gasteiger partial charge in [0.1, 0.15) is 0 Å². The van der Waals surface area contributed by atoms with E-state index in [1.54, 1.807) is 11.3 Å². The fourth-order valence-electron chi connectivity index (χ4n) is 2.17. The molecule has 0 aromatic carbocycles. The van der Waals surface area contributed by atoms with Gasteiger partial charge < -0.3 is 11.1 Å². The molecule has 4 nitrogen and oxygen atoms in total. The number of nitrogens with one attached hydrogen (secondary N) is 1. The molecule has 0 atom stereocenters. The Kier molecular flexibility index (Phi) is 2.45. The summed E-state index contributed by atoms with van der Waals surface area (Å²) in [5.74, 6) is -0.0857. The first-order chi connectivity index (χ1) is 8.12. The maximum absolute atomic E-state index is 12.1. The number of amides is 1. The van der Waals surface area contributed by atoms with Crippen molar-refractivity contribution in [3.63, 3.8) is 0 Å². The summed E-state index contributed by atoms with van der Waals surface area (Å²) in [6.45, 7) is 0. The first kappa shape index (κ1) is 11.1. The van der Waals surface area contributed by atoms with Crippen LogP contribution in [-0.2, 0) is 17.6 Å². The van der Waals surface area contributed by atoms with Crippen LogP contribution < -0.4 is 11.1 Å². The Balaban J connectivity index is 1.75. The van der Waals surface area contributed by atoms with Crippen molar-refractivity contribution in [2.24, 2.45) is 11.1 Å². The highest BCUT2D eigenvalue weighted by Crippen LogP contribution is 2.47. The summed E-state index contributed by atoms with van der Waals surface area (Å²) in [5.41, 5.74) is 6.17. The summed E-state index contributed by atoms with van der Waals surface area (Å²) in [6, 6.07) is 0. The number of carbonyl (C=O) groups is 1. The van der Waals surface area contributed by atoms with Gasteiger partial charge in [-0.2, -0.15) is 0 Å². The van der Waals surface area contributed by atoms with Crippen molar-refractivity contribution < 1.29 is 4.79 Å². The van der Waals surface area contributed by atoms with Crippen LogP contribution in [0.4, 0.5) is 5.13 Å². The number of rotatable bonds is 3. The maximum Gasteiger partial charge on any atom is 0.239 e. The molecule has 90 valence electrons. The van der Waals surface area contributed by atoms with Crippen LogP contribution in [0.25, 0.3) is 0 Å². The second kappa shape index (κ2) is 3.74. The van der Waals surface area contributed by atoms with E-state index in [1.807, 2.05) is 0 Å². The van der Waals surface area contributed by atoms with Crippen molar-refractivity contribution in [2.75, 3.05) is 5.32 Å². The smallest absolute Gasteiger partial charge is 0.239 e. The third-order valence-corrected chi connectivity index (χ3v) is 4.94. The molecule has 1 heterocycles. The Morgan fingerprint density at radius 1 is 1.47 bits per heavy atom. The standard InChI is InChI=1S/C11H13N3OS2/c12-8(16)11(4-5-11)9(15)14-10-13-6-2-1-3-7(6)17-10/h1-5H2,(H2,12,16)(H,13,14,15). The molecule has 6 heteroatoms. The number of hydrogen-bond acceptors (Lipinski definition) is 4. The lowest BCUT2D eigenvalue weighted by molar-refractivity contribution is -0.118. The number of nitrogens with zero attached hydrogens (tertiary/aromatic N) is 1. The van der Waals surface area contributed by atoms with Crippen LogP contribution in [0.1, 0.15) is 29.8 Å². The van der Waals surface area contributed by atoms with Crippen LogP contribution in [0, 0.1) is 5.41 Å². The molecule has 1 fully saturated rings. The highest BCUT2D eigenvalue weighted by Gasteiger charge is 2.53. The molecule has 0 radical (unpaired) electrons. The monoisotopic (exact) mass is 267 g/mol. The van der Waals surface area contributed by atoms with Crippen LogP contribution in [-0.4, -0.2) is 15.9 Å². The summed E-state index contributed by atoms with van der Waals surface area (Å²) < 4.78 is 0. The zero-order valence-electron chi connectivity index (χ0n) is 9.28. The molecule has 0 unspecified atom stereocenters. The minimum absolute atomic E-state index is 0.0857. The fraction of sp³-hybridized carbons (Fsp3) is 0.545. The first-order valence-corrected chi connectivity index (χ1v) is 6.94. The minimum Gasteiger partial charge on any atom is -0.392 e. The topological polar surface area (TPSA) is 68.0 Å². The fourth-order valence-corrected chi connectivity index (χ4v) is 3.51. The van der Waals surface area contributed by atoms with Gasteiger partial charge in [-0.25, -0.2) is 4.98 Å². The highest BCUT2D eigenvalue weighted by atomic mass is 32.1. The average molecular weight is 267 g/mol. The Hall–Kier alpha value is -1.01. The lowest BCUT2D eigenvalue weighted by Gasteiger charge is -2.11. The molecule has 3 rings (SSSR count). The number of fused-ring (bicyclic) bond motifs is 1. The number of aromatic nitrogens is 1. The number of anilines is 1. The average Bonchev–Trinajstić information content (AvgIpc) is 2.85. The van der Waals surface area contributed by atoms with Gasteiger partial charge in [0, 0.05) is 4.88 Å². The molecule has 2 aliphatic carbocycles. The zero-order chi connectivity index (χ0) is 12.0. The molecule has 17 heavy (non-hydrogen) atoms. The Morgan fingerprint density at radius 3 is 2.82 bits per heavy atom. The number of carbonyl (C=O) groups excluding carboxylic acids is 1. The van der Waals surface area contributed by atoms with E-state index in [9.17, 15) is 4.79 Å². The normalized spacial score (nSPS) is 19.8. The Labute approximate surface area is 109 Å². The SMILES string of the molecule is NC(=S)C1(C(=O)Nc2nc3c(s2)CCC3)CC1. The second-order valence-electron chi connectivity index (χ2n) is 4.64. The van der Waals surface area contributed by atoms with Crippen LogP contribution in [0.3, 0.4) is 0 Å². The van der Waals surface area contributed by atoms with Gasteiger partial charge in [0.05, 0.1) is 16.1 Å². The van der Waals surface area contributed by atoms with Crippen LogP contribution in [0.2, 0.25) is 0 Å². The van der Waals surface area contributed by atoms with Crippen molar-refractivity contribution in [1.29, 1.82) is 0 Å². The van der Waals surface area contributed by atoms with E-state index in [0.29, 0.717) is 10.1 Å². The summed E-state index contributed by atoms with van der Waals surface area (Å²) in [6.07, 6.45) is 4.82. The van der Waals surface area contributed by atoms with E-state index < -0.39 is 5.41 Å². The summed E-state index contributed by atoms with van der Waals surface area (Å²) in [4.78, 5) is 18.1. The second-order valence-corrected chi connectivity index (χ2v) is 6.17. The van der Waals surface area contributed by atoms with E-state index in [2.05, 4.69) is 10.3 Å². The molecule has 1 aromatic heterocycles. The molecular formula is C11H13N3OS2. The Morgan fingerprint density at radius 2 is 2.24 bits per heavy atom. The zero-order valence-corrected chi connectivity index (χ0v) is 10.9. The van der Waals surface area contributed by atoms with Gasteiger partial charge in [-0.05, 0) is 32.1 Å². The van der Waals surface area contributed by atoms with Gasteiger partial charge in [-0.3, -0.25) is 4.79 Å². The van der Waals surface area contributed by atoms with Gasteiger partial charge in [-0.1, -0.05) is 12.2 Å². The van der Waals surface area contributed by atoms with E-state index >= 15 is 0 Å². The number of thiazole rings is 1. The molecule has 0 aliphatic heterocycles. The van der Waals surface area contributed by atoms with Gasteiger partial charge in [0.25, 0.3) is 0 Å². The summed E-state index contributed by atoms with van der Waals surface area (Å²) in [5, 5.41) is 3.55. The lowest BCUT2D eigenvalue weighted by Crippen LogP contribution is -2.34. The van der Waals surface area contributed by atoms with Gasteiger partial charge in [0.2, 0.25) is 5.91 Å². The lowest BCUT2D eigenvalue weighted by atomic mass is 10.1. The van der Waals surface area contributed by atoms with Gasteiger partial charge >= 0.3 is 0 Å². The van der Waals surface area contributed by atoms with Crippen molar-refractivity contribution >= 4 is 39.6 Å². The highest BCUT2D eigenvalue weighted by molar-refractivity contribution is 7.80.